The number of para-hydroxylation sites is 2. The minimum Gasteiger partial charge on any atom is -0.457 e. The monoisotopic (exact) mass is 362 g/mol. The Labute approximate surface area is 155 Å². The van der Waals surface area contributed by atoms with E-state index < -0.39 is 6.10 Å². The van der Waals surface area contributed by atoms with Crippen LogP contribution < -0.4 is 4.74 Å². The normalized spacial score (nSPS) is 15.2. The van der Waals surface area contributed by atoms with Crippen LogP contribution in [0.15, 0.2) is 96.3 Å². The van der Waals surface area contributed by atoms with Gasteiger partial charge in [-0.05, 0) is 41.2 Å². The Morgan fingerprint density at radius 3 is 1.85 bits per heavy atom. The van der Waals surface area contributed by atoms with Crippen LogP contribution in [0.4, 0.5) is 0 Å². The summed E-state index contributed by atoms with van der Waals surface area (Å²) in [6, 6.07) is 26.6. The van der Waals surface area contributed by atoms with Crippen LogP contribution in [-0.4, -0.2) is 10.9 Å². The molecule has 0 aliphatic heterocycles. The number of rotatable bonds is 2. The molecule has 0 aromatic heterocycles. The average molecular weight is 362 g/mol. The lowest BCUT2D eigenvalue weighted by molar-refractivity contribution is 0.103. The third kappa shape index (κ3) is 4.45. The predicted molar refractivity (Wildman–Crippen MR) is 106 cm³/mol. The van der Waals surface area contributed by atoms with E-state index in [-0.39, 0.29) is 5.78 Å². The highest BCUT2D eigenvalue weighted by Crippen LogP contribution is 2.33. The van der Waals surface area contributed by atoms with Gasteiger partial charge in [0.1, 0.15) is 17.6 Å². The lowest BCUT2D eigenvalue weighted by Crippen LogP contribution is -2.12. The minimum atomic E-state index is -0.654. The third-order valence-electron chi connectivity index (χ3n) is 3.86. The zero-order chi connectivity index (χ0) is 18.4. The van der Waals surface area contributed by atoms with Gasteiger partial charge in [-0.25, -0.2) is 0 Å². The number of aliphatic hydroxyl groups excluding tert-OH is 1. The molecule has 0 fully saturated rings. The van der Waals surface area contributed by atoms with Crippen LogP contribution in [-0.2, 0) is 0 Å². The molecular formula is C22H19O3P. The number of benzene rings is 3. The van der Waals surface area contributed by atoms with Gasteiger partial charge >= 0.3 is 0 Å². The number of ether oxygens (including phenoxy) is 1. The Bertz CT molecular complexity index is 867. The molecule has 0 amide bonds. The summed E-state index contributed by atoms with van der Waals surface area (Å²) in [6.45, 7) is 0. The van der Waals surface area contributed by atoms with Crippen molar-refractivity contribution in [2.75, 3.05) is 0 Å². The summed E-state index contributed by atoms with van der Waals surface area (Å²) in [7, 11) is 2.38. The topological polar surface area (TPSA) is 46.5 Å². The van der Waals surface area contributed by atoms with E-state index in [1.165, 1.54) is 6.08 Å². The van der Waals surface area contributed by atoms with Crippen molar-refractivity contribution in [3.63, 3.8) is 0 Å². The van der Waals surface area contributed by atoms with Gasteiger partial charge in [-0.2, -0.15) is 0 Å². The van der Waals surface area contributed by atoms with Gasteiger partial charge in [0, 0.05) is 5.56 Å². The SMILES string of the molecule is O=C1C=C(P)C(O)c2ccccc21.c1ccc(Oc2ccccc2)cc1. The zero-order valence-electron chi connectivity index (χ0n) is 14.1. The van der Waals surface area contributed by atoms with E-state index in [0.717, 1.165) is 11.5 Å². The van der Waals surface area contributed by atoms with E-state index >= 15 is 0 Å². The molecule has 4 heteroatoms. The molecule has 4 rings (SSSR count). The van der Waals surface area contributed by atoms with E-state index in [0.29, 0.717) is 16.4 Å². The number of hydrogen-bond acceptors (Lipinski definition) is 3. The summed E-state index contributed by atoms with van der Waals surface area (Å²) in [4.78, 5) is 11.4. The molecule has 1 aliphatic carbocycles. The first-order chi connectivity index (χ1) is 12.6. The standard InChI is InChI=1S/C12H10O.C10H9O2P/c1-3-7-11(8-4-1)13-12-9-5-2-6-10-12;11-8-5-9(13)10(12)7-4-2-1-3-6(7)8/h1-10H;1-5,10,12H,13H2. The lowest BCUT2D eigenvalue weighted by atomic mass is 9.94. The van der Waals surface area contributed by atoms with Crippen LogP contribution in [0.25, 0.3) is 0 Å². The number of fused-ring (bicyclic) bond motifs is 1. The molecule has 0 saturated heterocycles. The lowest BCUT2D eigenvalue weighted by Gasteiger charge is -2.18. The fraction of sp³-hybridized carbons (Fsp3) is 0.0455. The summed E-state index contributed by atoms with van der Waals surface area (Å²) in [5, 5.41) is 10.3. The van der Waals surface area contributed by atoms with Gasteiger partial charge in [0.05, 0.1) is 0 Å². The summed E-state index contributed by atoms with van der Waals surface area (Å²) >= 11 is 0. The van der Waals surface area contributed by atoms with Crippen LogP contribution in [0.3, 0.4) is 0 Å². The molecule has 130 valence electrons. The highest BCUT2D eigenvalue weighted by molar-refractivity contribution is 7.22. The number of ketones is 1. The molecule has 1 N–H and O–H groups in total. The molecule has 0 bridgehead atoms. The van der Waals surface area contributed by atoms with Crippen molar-refractivity contribution in [3.05, 3.63) is 107 Å². The quantitative estimate of drug-likeness (QED) is 0.641. The molecule has 0 heterocycles. The van der Waals surface area contributed by atoms with Gasteiger partial charge in [-0.1, -0.05) is 60.7 Å². The Morgan fingerprint density at radius 1 is 0.769 bits per heavy atom. The molecule has 3 aromatic carbocycles. The number of aliphatic hydroxyl groups is 1. The van der Waals surface area contributed by atoms with Gasteiger partial charge < -0.3 is 9.84 Å². The first-order valence-electron chi connectivity index (χ1n) is 8.21. The molecular weight excluding hydrogens is 343 g/mol. The molecule has 26 heavy (non-hydrogen) atoms. The van der Waals surface area contributed by atoms with E-state index in [9.17, 15) is 9.90 Å². The molecule has 3 aromatic rings. The second kappa shape index (κ2) is 8.57. The van der Waals surface area contributed by atoms with Gasteiger partial charge in [-0.3, -0.25) is 4.79 Å². The van der Waals surface area contributed by atoms with E-state index in [1.807, 2.05) is 66.7 Å². The van der Waals surface area contributed by atoms with Gasteiger partial charge in [0.25, 0.3) is 0 Å². The highest BCUT2D eigenvalue weighted by atomic mass is 31.0. The van der Waals surface area contributed by atoms with Crippen molar-refractivity contribution in [3.8, 4) is 11.5 Å². The number of carbonyl (C=O) groups excluding carboxylic acids is 1. The molecule has 0 radical (unpaired) electrons. The third-order valence-corrected chi connectivity index (χ3v) is 4.34. The summed E-state index contributed by atoms with van der Waals surface area (Å²) < 4.78 is 5.58. The molecule has 2 atom stereocenters. The largest absolute Gasteiger partial charge is 0.457 e. The maximum Gasteiger partial charge on any atom is 0.186 e. The van der Waals surface area contributed by atoms with Crippen LogP contribution in [0.2, 0.25) is 0 Å². The summed E-state index contributed by atoms with van der Waals surface area (Å²) in [5.41, 5.74) is 1.29. The van der Waals surface area contributed by atoms with Gasteiger partial charge in [0.15, 0.2) is 5.78 Å². The summed E-state index contributed by atoms with van der Waals surface area (Å²) in [6.07, 6.45) is 0.802. The zero-order valence-corrected chi connectivity index (χ0v) is 15.2. The predicted octanol–water partition coefficient (Wildman–Crippen LogP) is 5.15. The average Bonchev–Trinajstić information content (AvgIpc) is 2.68. The smallest absolute Gasteiger partial charge is 0.186 e. The Hall–Kier alpha value is -2.74. The van der Waals surface area contributed by atoms with Crippen molar-refractivity contribution in [2.24, 2.45) is 0 Å². The molecule has 2 unspecified atom stereocenters. The van der Waals surface area contributed by atoms with Gasteiger partial charge in [0.2, 0.25) is 0 Å². The Balaban J connectivity index is 0.000000151. The fourth-order valence-electron chi connectivity index (χ4n) is 2.56. The molecule has 0 saturated carbocycles. The van der Waals surface area contributed by atoms with E-state index in [4.69, 9.17) is 4.74 Å². The molecule has 0 spiro atoms. The Kier molecular flexibility index (Phi) is 5.96. The second-order valence-electron chi connectivity index (χ2n) is 5.73. The highest BCUT2D eigenvalue weighted by Gasteiger charge is 2.22. The van der Waals surface area contributed by atoms with Crippen molar-refractivity contribution in [2.45, 2.75) is 6.10 Å². The number of carbonyl (C=O) groups is 1. The van der Waals surface area contributed by atoms with Crippen LogP contribution >= 0.6 is 9.24 Å². The van der Waals surface area contributed by atoms with Crippen molar-refractivity contribution in [1.29, 1.82) is 0 Å². The number of hydrogen-bond donors (Lipinski definition) is 1. The van der Waals surface area contributed by atoms with E-state index in [2.05, 4.69) is 9.24 Å². The first kappa shape index (κ1) is 18.1. The Morgan fingerprint density at radius 2 is 1.27 bits per heavy atom. The van der Waals surface area contributed by atoms with Crippen molar-refractivity contribution in [1.82, 2.24) is 0 Å². The van der Waals surface area contributed by atoms with Gasteiger partial charge in [-0.15, -0.1) is 9.24 Å². The second-order valence-corrected chi connectivity index (χ2v) is 6.39. The maximum atomic E-state index is 11.4. The van der Waals surface area contributed by atoms with Crippen molar-refractivity contribution >= 4 is 15.0 Å². The maximum absolute atomic E-state index is 11.4. The first-order valence-corrected chi connectivity index (χ1v) is 8.79. The molecule has 3 nitrogen and oxygen atoms in total. The van der Waals surface area contributed by atoms with E-state index in [1.54, 1.807) is 18.2 Å². The van der Waals surface area contributed by atoms with Crippen LogP contribution in [0.5, 0.6) is 11.5 Å². The molecule has 1 aliphatic rings. The van der Waals surface area contributed by atoms with Crippen LogP contribution in [0.1, 0.15) is 22.0 Å². The van der Waals surface area contributed by atoms with Crippen molar-refractivity contribution < 1.29 is 14.6 Å². The minimum absolute atomic E-state index is 0.0362. The van der Waals surface area contributed by atoms with Crippen LogP contribution in [0, 0.1) is 0 Å². The number of allylic oxidation sites excluding steroid dienone is 1. The summed E-state index contributed by atoms with van der Waals surface area (Å²) in [5.74, 6) is 1.70. The fourth-order valence-corrected chi connectivity index (χ4v) is 2.89.